The summed E-state index contributed by atoms with van der Waals surface area (Å²) >= 11 is 5.87. The first-order valence-electron chi connectivity index (χ1n) is 8.24. The molecule has 0 spiro atoms. The maximum Gasteiger partial charge on any atom is 0.308 e. The second kappa shape index (κ2) is 9.73. The van der Waals surface area contributed by atoms with Crippen LogP contribution in [0.3, 0.4) is 0 Å². The number of ether oxygens (including phenoxy) is 2. The van der Waals surface area contributed by atoms with E-state index in [0.29, 0.717) is 21.9 Å². The minimum Gasteiger partial charge on any atom is -0.497 e. The lowest BCUT2D eigenvalue weighted by atomic mass is 10.0. The van der Waals surface area contributed by atoms with Crippen LogP contribution in [0, 0.1) is 0 Å². The Hall–Kier alpha value is -2.86. The predicted octanol–water partition coefficient (Wildman–Crippen LogP) is 3.34. The van der Waals surface area contributed by atoms with Crippen LogP contribution in [0.25, 0.3) is 0 Å². The van der Waals surface area contributed by atoms with Gasteiger partial charge in [-0.05, 0) is 29.8 Å². The molecule has 27 heavy (non-hydrogen) atoms. The van der Waals surface area contributed by atoms with E-state index in [1.165, 1.54) is 14.0 Å². The highest BCUT2D eigenvalue weighted by Crippen LogP contribution is 2.20. The summed E-state index contributed by atoms with van der Waals surface area (Å²) in [5.41, 5.74) is 1.10. The van der Waals surface area contributed by atoms with Crippen molar-refractivity contribution in [2.24, 2.45) is 0 Å². The third kappa shape index (κ3) is 6.42. The third-order valence-electron chi connectivity index (χ3n) is 3.78. The lowest BCUT2D eigenvalue weighted by Gasteiger charge is -2.17. The molecular formula is C20H20ClNO5. The summed E-state index contributed by atoms with van der Waals surface area (Å²) in [6, 6.07) is 12.8. The van der Waals surface area contributed by atoms with Crippen LogP contribution >= 0.6 is 11.6 Å². The van der Waals surface area contributed by atoms with Crippen LogP contribution in [-0.2, 0) is 14.3 Å². The van der Waals surface area contributed by atoms with Gasteiger partial charge in [-0.3, -0.25) is 14.4 Å². The molecule has 0 heterocycles. The molecule has 0 aliphatic carbocycles. The molecule has 1 unspecified atom stereocenters. The number of rotatable bonds is 8. The fourth-order valence-corrected chi connectivity index (χ4v) is 2.57. The molecule has 0 aliphatic rings. The second-order valence-corrected chi connectivity index (χ2v) is 6.26. The van der Waals surface area contributed by atoms with Gasteiger partial charge in [0.05, 0.1) is 19.6 Å². The maximum atomic E-state index is 12.2. The van der Waals surface area contributed by atoms with Gasteiger partial charge in [0.25, 0.3) is 0 Å². The average Bonchev–Trinajstić information content (AvgIpc) is 2.66. The molecule has 0 saturated heterocycles. The number of methoxy groups -OCH3 is 1. The van der Waals surface area contributed by atoms with Gasteiger partial charge < -0.3 is 14.8 Å². The van der Waals surface area contributed by atoms with Crippen molar-refractivity contribution < 1.29 is 23.9 Å². The monoisotopic (exact) mass is 389 g/mol. The van der Waals surface area contributed by atoms with Crippen LogP contribution < -0.4 is 10.1 Å². The number of benzene rings is 2. The van der Waals surface area contributed by atoms with E-state index >= 15 is 0 Å². The Kier molecular flexibility index (Phi) is 7.37. The number of esters is 1. The van der Waals surface area contributed by atoms with Crippen LogP contribution in [0.1, 0.15) is 35.3 Å². The maximum absolute atomic E-state index is 12.2. The Morgan fingerprint density at radius 2 is 1.81 bits per heavy atom. The molecular weight excluding hydrogens is 370 g/mol. The Bertz CT molecular complexity index is 819. The highest BCUT2D eigenvalue weighted by molar-refractivity contribution is 6.30. The Balaban J connectivity index is 1.97. The molecule has 142 valence electrons. The van der Waals surface area contributed by atoms with E-state index in [2.05, 4.69) is 5.32 Å². The fourth-order valence-electron chi connectivity index (χ4n) is 2.44. The summed E-state index contributed by atoms with van der Waals surface area (Å²) in [4.78, 5) is 35.8. The third-order valence-corrected chi connectivity index (χ3v) is 4.03. The average molecular weight is 390 g/mol. The number of nitrogens with one attached hydrogen (secondary N) is 1. The van der Waals surface area contributed by atoms with Crippen molar-refractivity contribution in [2.45, 2.75) is 19.4 Å². The summed E-state index contributed by atoms with van der Waals surface area (Å²) in [5, 5.41) is 3.24. The molecule has 0 aliphatic heterocycles. The van der Waals surface area contributed by atoms with Crippen molar-refractivity contribution >= 4 is 29.3 Å². The molecule has 2 aromatic rings. The standard InChI is InChI=1S/C20H20ClNO5/c1-13(23)22-18(14-6-8-16(21)9-7-14)11-20(25)27-12-19(24)15-4-3-5-17(10-15)26-2/h3-10,18H,11-12H2,1-2H3,(H,22,23). The number of ketones is 1. The van der Waals surface area contributed by atoms with E-state index in [-0.39, 0.29) is 24.7 Å². The number of Topliss-reactive ketones (excluding diaryl/α,β-unsaturated/α-hetero) is 1. The number of amides is 1. The van der Waals surface area contributed by atoms with Crippen LogP contribution in [0.15, 0.2) is 48.5 Å². The smallest absolute Gasteiger partial charge is 0.308 e. The number of carbonyl (C=O) groups is 3. The summed E-state index contributed by atoms with van der Waals surface area (Å²) in [6.07, 6.45) is -0.105. The van der Waals surface area contributed by atoms with Gasteiger partial charge in [-0.1, -0.05) is 35.9 Å². The van der Waals surface area contributed by atoms with Crippen molar-refractivity contribution in [3.8, 4) is 5.75 Å². The molecule has 0 bridgehead atoms. The van der Waals surface area contributed by atoms with Crippen LogP contribution in [-0.4, -0.2) is 31.4 Å². The van der Waals surface area contributed by atoms with Crippen molar-refractivity contribution in [1.29, 1.82) is 0 Å². The minimum atomic E-state index is -0.597. The quantitative estimate of drug-likeness (QED) is 0.553. The molecule has 1 N–H and O–H groups in total. The molecule has 2 aromatic carbocycles. The highest BCUT2D eigenvalue weighted by atomic mass is 35.5. The van der Waals surface area contributed by atoms with Gasteiger partial charge in [0.2, 0.25) is 5.91 Å². The lowest BCUT2D eigenvalue weighted by molar-refractivity contribution is -0.143. The summed E-state index contributed by atoms with van der Waals surface area (Å²) in [7, 11) is 1.50. The lowest BCUT2D eigenvalue weighted by Crippen LogP contribution is -2.29. The van der Waals surface area contributed by atoms with E-state index < -0.39 is 12.0 Å². The van der Waals surface area contributed by atoms with E-state index in [4.69, 9.17) is 21.1 Å². The first kappa shape index (κ1) is 20.5. The summed E-state index contributed by atoms with van der Waals surface area (Å²) in [5.74, 6) is -0.680. The molecule has 2 rings (SSSR count). The predicted molar refractivity (Wildman–Crippen MR) is 101 cm³/mol. The van der Waals surface area contributed by atoms with Gasteiger partial charge in [-0.25, -0.2) is 0 Å². The molecule has 1 amide bonds. The van der Waals surface area contributed by atoms with Gasteiger partial charge in [0.15, 0.2) is 12.4 Å². The first-order chi connectivity index (χ1) is 12.9. The fraction of sp³-hybridized carbons (Fsp3) is 0.250. The number of carbonyl (C=O) groups excluding carboxylic acids is 3. The van der Waals surface area contributed by atoms with Gasteiger partial charge in [-0.15, -0.1) is 0 Å². The highest BCUT2D eigenvalue weighted by Gasteiger charge is 2.19. The minimum absolute atomic E-state index is 0.105. The second-order valence-electron chi connectivity index (χ2n) is 5.82. The van der Waals surface area contributed by atoms with E-state index in [0.717, 1.165) is 0 Å². The van der Waals surface area contributed by atoms with Crippen molar-refractivity contribution in [3.05, 3.63) is 64.7 Å². The van der Waals surface area contributed by atoms with Gasteiger partial charge in [0, 0.05) is 17.5 Å². The number of hydrogen-bond acceptors (Lipinski definition) is 5. The van der Waals surface area contributed by atoms with Crippen molar-refractivity contribution in [3.63, 3.8) is 0 Å². The van der Waals surface area contributed by atoms with Gasteiger partial charge >= 0.3 is 5.97 Å². The molecule has 0 fully saturated rings. The summed E-state index contributed by atoms with van der Waals surface area (Å²) in [6.45, 7) is 0.972. The topological polar surface area (TPSA) is 81.7 Å². The van der Waals surface area contributed by atoms with Gasteiger partial charge in [-0.2, -0.15) is 0 Å². The molecule has 7 heteroatoms. The Morgan fingerprint density at radius 3 is 2.44 bits per heavy atom. The molecule has 6 nitrogen and oxygen atoms in total. The van der Waals surface area contributed by atoms with Crippen molar-refractivity contribution in [2.75, 3.05) is 13.7 Å². The van der Waals surface area contributed by atoms with Crippen LogP contribution in [0.2, 0.25) is 5.02 Å². The SMILES string of the molecule is COc1cccc(C(=O)COC(=O)CC(NC(C)=O)c2ccc(Cl)cc2)c1. The molecule has 0 aromatic heterocycles. The van der Waals surface area contributed by atoms with Crippen LogP contribution in [0.5, 0.6) is 5.75 Å². The first-order valence-corrected chi connectivity index (χ1v) is 8.62. The Morgan fingerprint density at radius 1 is 1.11 bits per heavy atom. The zero-order valence-electron chi connectivity index (χ0n) is 15.0. The largest absolute Gasteiger partial charge is 0.497 e. The molecule has 0 saturated carbocycles. The van der Waals surface area contributed by atoms with Crippen molar-refractivity contribution in [1.82, 2.24) is 5.32 Å². The Labute approximate surface area is 162 Å². The van der Waals surface area contributed by atoms with E-state index in [1.54, 1.807) is 48.5 Å². The molecule has 1 atom stereocenters. The molecule has 0 radical (unpaired) electrons. The number of hydrogen-bond donors (Lipinski definition) is 1. The summed E-state index contributed by atoms with van der Waals surface area (Å²) < 4.78 is 10.2. The zero-order chi connectivity index (χ0) is 19.8. The van der Waals surface area contributed by atoms with E-state index in [9.17, 15) is 14.4 Å². The van der Waals surface area contributed by atoms with Crippen LogP contribution in [0.4, 0.5) is 0 Å². The zero-order valence-corrected chi connectivity index (χ0v) is 15.8. The normalized spacial score (nSPS) is 11.4. The number of halogens is 1. The van der Waals surface area contributed by atoms with Gasteiger partial charge in [0.1, 0.15) is 5.75 Å². The van der Waals surface area contributed by atoms with E-state index in [1.807, 2.05) is 0 Å².